The SMILES string of the molecule is COCCCNC(=O)CNC(C)Cc1cccs1. The highest BCUT2D eigenvalue weighted by atomic mass is 32.1. The van der Waals surface area contributed by atoms with Gasteiger partial charge in [0, 0.05) is 31.2 Å². The van der Waals surface area contributed by atoms with Crippen LogP contribution in [0.25, 0.3) is 0 Å². The van der Waals surface area contributed by atoms with Gasteiger partial charge in [0.15, 0.2) is 0 Å². The Morgan fingerprint density at radius 1 is 1.56 bits per heavy atom. The van der Waals surface area contributed by atoms with Crippen molar-refractivity contribution in [3.63, 3.8) is 0 Å². The lowest BCUT2D eigenvalue weighted by molar-refractivity contribution is -0.120. The second-order valence-electron chi connectivity index (χ2n) is 4.26. The molecule has 1 rings (SSSR count). The molecule has 0 fully saturated rings. The maximum atomic E-state index is 11.5. The zero-order valence-corrected chi connectivity index (χ0v) is 11.9. The summed E-state index contributed by atoms with van der Waals surface area (Å²) in [7, 11) is 1.66. The number of rotatable bonds is 9. The van der Waals surface area contributed by atoms with Crippen molar-refractivity contribution < 1.29 is 9.53 Å². The molecule has 1 amide bonds. The van der Waals surface area contributed by atoms with E-state index in [2.05, 4.69) is 35.1 Å². The lowest BCUT2D eigenvalue weighted by Gasteiger charge is -2.12. The van der Waals surface area contributed by atoms with Crippen molar-refractivity contribution in [3.05, 3.63) is 22.4 Å². The highest BCUT2D eigenvalue weighted by Gasteiger charge is 2.06. The van der Waals surface area contributed by atoms with Gasteiger partial charge in [-0.1, -0.05) is 6.07 Å². The number of thiophene rings is 1. The van der Waals surface area contributed by atoms with Gasteiger partial charge in [0.05, 0.1) is 6.54 Å². The molecule has 0 aliphatic rings. The van der Waals surface area contributed by atoms with Gasteiger partial charge in [-0.05, 0) is 31.2 Å². The fraction of sp³-hybridized carbons (Fsp3) is 0.615. The van der Waals surface area contributed by atoms with Crippen LogP contribution in [-0.4, -0.2) is 38.8 Å². The van der Waals surface area contributed by atoms with Gasteiger partial charge < -0.3 is 15.4 Å². The summed E-state index contributed by atoms with van der Waals surface area (Å²) in [6.45, 7) is 3.83. The van der Waals surface area contributed by atoms with Crippen LogP contribution in [0.15, 0.2) is 17.5 Å². The molecule has 102 valence electrons. The van der Waals surface area contributed by atoms with Crippen LogP contribution in [0.4, 0.5) is 0 Å². The number of carbonyl (C=O) groups is 1. The number of nitrogens with one attached hydrogen (secondary N) is 2. The molecule has 1 aromatic rings. The van der Waals surface area contributed by atoms with E-state index in [9.17, 15) is 4.79 Å². The number of hydrogen-bond acceptors (Lipinski definition) is 4. The summed E-state index contributed by atoms with van der Waals surface area (Å²) in [6, 6.07) is 4.48. The van der Waals surface area contributed by atoms with Crippen molar-refractivity contribution in [3.8, 4) is 0 Å². The average Bonchev–Trinajstić information content (AvgIpc) is 2.85. The maximum Gasteiger partial charge on any atom is 0.233 e. The first kappa shape index (κ1) is 15.1. The molecule has 1 aromatic heterocycles. The monoisotopic (exact) mass is 270 g/mol. The molecule has 0 aliphatic carbocycles. The van der Waals surface area contributed by atoms with Gasteiger partial charge in [-0.3, -0.25) is 4.79 Å². The minimum Gasteiger partial charge on any atom is -0.385 e. The molecule has 0 saturated carbocycles. The second kappa shape index (κ2) is 9.08. The second-order valence-corrected chi connectivity index (χ2v) is 5.29. The summed E-state index contributed by atoms with van der Waals surface area (Å²) < 4.78 is 4.91. The Morgan fingerprint density at radius 3 is 3.06 bits per heavy atom. The average molecular weight is 270 g/mol. The van der Waals surface area contributed by atoms with Gasteiger partial charge in [0.1, 0.15) is 0 Å². The van der Waals surface area contributed by atoms with Gasteiger partial charge in [-0.2, -0.15) is 0 Å². The van der Waals surface area contributed by atoms with E-state index >= 15 is 0 Å². The van der Waals surface area contributed by atoms with Crippen LogP contribution < -0.4 is 10.6 Å². The first-order valence-corrected chi connectivity index (χ1v) is 7.11. The Labute approximate surface area is 113 Å². The van der Waals surface area contributed by atoms with Crippen molar-refractivity contribution in [2.24, 2.45) is 0 Å². The van der Waals surface area contributed by atoms with E-state index in [1.165, 1.54) is 4.88 Å². The molecule has 0 radical (unpaired) electrons. The van der Waals surface area contributed by atoms with Crippen molar-refractivity contribution in [2.45, 2.75) is 25.8 Å². The Kier molecular flexibility index (Phi) is 7.64. The van der Waals surface area contributed by atoms with Gasteiger partial charge >= 0.3 is 0 Å². The molecular formula is C13H22N2O2S. The number of carbonyl (C=O) groups excluding carboxylic acids is 1. The van der Waals surface area contributed by atoms with E-state index in [0.29, 0.717) is 25.7 Å². The Balaban J connectivity index is 2.06. The molecule has 2 N–H and O–H groups in total. The van der Waals surface area contributed by atoms with Crippen LogP contribution in [0.3, 0.4) is 0 Å². The minimum atomic E-state index is 0.0455. The smallest absolute Gasteiger partial charge is 0.233 e. The number of amides is 1. The van der Waals surface area contributed by atoms with Crippen LogP contribution in [0, 0.1) is 0 Å². The van der Waals surface area contributed by atoms with Crippen molar-refractivity contribution in [1.29, 1.82) is 0 Å². The van der Waals surface area contributed by atoms with Gasteiger partial charge in [-0.15, -0.1) is 11.3 Å². The van der Waals surface area contributed by atoms with Crippen LogP contribution in [0.2, 0.25) is 0 Å². The molecule has 1 unspecified atom stereocenters. The fourth-order valence-corrected chi connectivity index (χ4v) is 2.41. The van der Waals surface area contributed by atoms with E-state index < -0.39 is 0 Å². The summed E-state index contributed by atoms with van der Waals surface area (Å²) in [5.74, 6) is 0.0455. The summed E-state index contributed by atoms with van der Waals surface area (Å²) in [5, 5.41) is 8.15. The zero-order chi connectivity index (χ0) is 13.2. The van der Waals surface area contributed by atoms with Crippen LogP contribution in [0.5, 0.6) is 0 Å². The van der Waals surface area contributed by atoms with Crippen molar-refractivity contribution >= 4 is 17.2 Å². The number of hydrogen-bond donors (Lipinski definition) is 2. The molecule has 0 aliphatic heterocycles. The largest absolute Gasteiger partial charge is 0.385 e. The first-order chi connectivity index (χ1) is 8.72. The highest BCUT2D eigenvalue weighted by molar-refractivity contribution is 7.09. The molecule has 18 heavy (non-hydrogen) atoms. The molecule has 1 atom stereocenters. The molecule has 0 spiro atoms. The molecule has 5 heteroatoms. The Morgan fingerprint density at radius 2 is 2.39 bits per heavy atom. The molecule has 0 bridgehead atoms. The topological polar surface area (TPSA) is 50.4 Å². The standard InChI is InChI=1S/C13H22N2O2S/c1-11(9-12-5-3-8-18-12)15-10-13(16)14-6-4-7-17-2/h3,5,8,11,15H,4,6-7,9-10H2,1-2H3,(H,14,16). The quantitative estimate of drug-likeness (QED) is 0.667. The summed E-state index contributed by atoms with van der Waals surface area (Å²) in [4.78, 5) is 12.8. The maximum absolute atomic E-state index is 11.5. The molecular weight excluding hydrogens is 248 g/mol. The van der Waals surface area contributed by atoms with Crippen molar-refractivity contribution in [1.82, 2.24) is 10.6 Å². The van der Waals surface area contributed by atoms with Crippen LogP contribution >= 0.6 is 11.3 Å². The van der Waals surface area contributed by atoms with Gasteiger partial charge in [-0.25, -0.2) is 0 Å². The van der Waals surface area contributed by atoms with E-state index in [1.54, 1.807) is 18.4 Å². The number of methoxy groups -OCH3 is 1. The predicted octanol–water partition coefficient (Wildman–Crippen LogP) is 1.42. The van der Waals surface area contributed by atoms with Gasteiger partial charge in [0.25, 0.3) is 0 Å². The van der Waals surface area contributed by atoms with E-state index in [4.69, 9.17) is 4.74 Å². The minimum absolute atomic E-state index is 0.0455. The summed E-state index contributed by atoms with van der Waals surface area (Å²) in [6.07, 6.45) is 1.82. The van der Waals surface area contributed by atoms with E-state index in [1.807, 2.05) is 0 Å². The van der Waals surface area contributed by atoms with E-state index in [0.717, 1.165) is 12.8 Å². The third kappa shape index (κ3) is 6.74. The zero-order valence-electron chi connectivity index (χ0n) is 11.1. The van der Waals surface area contributed by atoms with Gasteiger partial charge in [0.2, 0.25) is 5.91 Å². The summed E-state index contributed by atoms with van der Waals surface area (Å²) in [5.41, 5.74) is 0. The molecule has 4 nitrogen and oxygen atoms in total. The first-order valence-electron chi connectivity index (χ1n) is 6.23. The molecule has 0 saturated heterocycles. The lowest BCUT2D eigenvalue weighted by atomic mass is 10.2. The van der Waals surface area contributed by atoms with Crippen molar-refractivity contribution in [2.75, 3.05) is 26.8 Å². The van der Waals surface area contributed by atoms with Crippen LogP contribution in [-0.2, 0) is 16.0 Å². The third-order valence-electron chi connectivity index (χ3n) is 2.55. The summed E-state index contributed by atoms with van der Waals surface area (Å²) >= 11 is 1.75. The Bertz CT molecular complexity index is 328. The van der Waals surface area contributed by atoms with Crippen LogP contribution in [0.1, 0.15) is 18.2 Å². The normalized spacial score (nSPS) is 12.3. The number of ether oxygens (including phenoxy) is 1. The molecule has 0 aromatic carbocycles. The fourth-order valence-electron chi connectivity index (χ4n) is 1.58. The Hall–Kier alpha value is -0.910. The lowest BCUT2D eigenvalue weighted by Crippen LogP contribution is -2.39. The highest BCUT2D eigenvalue weighted by Crippen LogP contribution is 2.10. The predicted molar refractivity (Wildman–Crippen MR) is 75.0 cm³/mol. The molecule has 1 heterocycles. The van der Waals surface area contributed by atoms with E-state index in [-0.39, 0.29) is 5.91 Å². The third-order valence-corrected chi connectivity index (χ3v) is 3.44.